The van der Waals surface area contributed by atoms with Gasteiger partial charge >= 0.3 is 0 Å². The number of nitrogens with zero attached hydrogens (tertiary/aromatic N) is 2. The first-order valence-corrected chi connectivity index (χ1v) is 7.10. The largest absolute Gasteiger partial charge is 0.310 e. The van der Waals surface area contributed by atoms with E-state index in [2.05, 4.69) is 15.3 Å². The molecule has 0 spiro atoms. The monoisotopic (exact) mass is 275 g/mol. The van der Waals surface area contributed by atoms with Gasteiger partial charge in [0.05, 0.1) is 0 Å². The van der Waals surface area contributed by atoms with E-state index in [-0.39, 0.29) is 5.82 Å². The summed E-state index contributed by atoms with van der Waals surface area (Å²) in [5.41, 5.74) is 0.701. The van der Waals surface area contributed by atoms with Crippen LogP contribution in [-0.2, 0) is 6.54 Å². The van der Waals surface area contributed by atoms with Crippen LogP contribution in [0.4, 0.5) is 4.39 Å². The summed E-state index contributed by atoms with van der Waals surface area (Å²) < 4.78 is 13.9. The molecular weight excluding hydrogens is 261 g/mol. The van der Waals surface area contributed by atoms with Crippen LogP contribution in [0.2, 0.25) is 0 Å². The summed E-state index contributed by atoms with van der Waals surface area (Å²) in [6, 6.07) is 7.46. The summed E-state index contributed by atoms with van der Waals surface area (Å²) in [5, 5.41) is 3.99. The van der Waals surface area contributed by atoms with Gasteiger partial charge in [-0.15, -0.1) is 0 Å². The topological polar surface area (TPSA) is 37.8 Å². The fourth-order valence-corrected chi connectivity index (χ4v) is 2.64. The van der Waals surface area contributed by atoms with Crippen molar-refractivity contribution in [3.8, 4) is 0 Å². The molecule has 1 aromatic carbocycles. The van der Waals surface area contributed by atoms with Gasteiger partial charge in [0.1, 0.15) is 5.82 Å². The van der Waals surface area contributed by atoms with E-state index < -0.39 is 0 Å². The van der Waals surface area contributed by atoms with E-state index in [1.54, 1.807) is 24.5 Å². The minimum atomic E-state index is -0.172. The van der Waals surface area contributed by atoms with E-state index in [1.165, 1.54) is 30.7 Å². The molecule has 3 nitrogen and oxygen atoms in total. The molecule has 0 unspecified atom stereocenters. The van der Waals surface area contributed by atoms with Gasteiger partial charge in [-0.25, -0.2) is 14.4 Å². The number of nitrogens with one attached hydrogen (secondary N) is 1. The highest BCUT2D eigenvalue weighted by atomic mass is 32.2. The maximum atomic E-state index is 13.9. The quantitative estimate of drug-likeness (QED) is 0.851. The van der Waals surface area contributed by atoms with Gasteiger partial charge in [0.15, 0.2) is 5.16 Å². The SMILES string of the molecule is Fc1cccc(Sc2ncccn2)c1CNC1CC1. The van der Waals surface area contributed by atoms with Crippen LogP contribution in [0.5, 0.6) is 0 Å². The third-order valence-corrected chi connectivity index (χ3v) is 3.96. The molecule has 0 atom stereocenters. The van der Waals surface area contributed by atoms with Crippen molar-refractivity contribution in [2.24, 2.45) is 0 Å². The lowest BCUT2D eigenvalue weighted by Crippen LogP contribution is -2.16. The lowest BCUT2D eigenvalue weighted by molar-refractivity contribution is 0.579. The highest BCUT2D eigenvalue weighted by Crippen LogP contribution is 2.30. The molecule has 0 saturated heterocycles. The van der Waals surface area contributed by atoms with E-state index in [4.69, 9.17) is 0 Å². The van der Waals surface area contributed by atoms with Crippen LogP contribution >= 0.6 is 11.8 Å². The molecular formula is C14H14FN3S. The van der Waals surface area contributed by atoms with Crippen LogP contribution in [-0.4, -0.2) is 16.0 Å². The van der Waals surface area contributed by atoms with Crippen LogP contribution < -0.4 is 5.32 Å². The van der Waals surface area contributed by atoms with Gasteiger partial charge in [-0.3, -0.25) is 0 Å². The molecule has 1 heterocycles. The van der Waals surface area contributed by atoms with Crippen molar-refractivity contribution in [3.63, 3.8) is 0 Å². The molecule has 1 aliphatic rings. The van der Waals surface area contributed by atoms with Crippen molar-refractivity contribution in [3.05, 3.63) is 48.0 Å². The third kappa shape index (κ3) is 3.30. The Morgan fingerprint density at radius 1 is 1.21 bits per heavy atom. The van der Waals surface area contributed by atoms with Gasteiger partial charge < -0.3 is 5.32 Å². The Hall–Kier alpha value is -1.46. The molecule has 19 heavy (non-hydrogen) atoms. The molecule has 3 rings (SSSR count). The van der Waals surface area contributed by atoms with Gasteiger partial charge in [-0.1, -0.05) is 6.07 Å². The van der Waals surface area contributed by atoms with Crippen LogP contribution in [0.1, 0.15) is 18.4 Å². The maximum Gasteiger partial charge on any atom is 0.192 e. The van der Waals surface area contributed by atoms with E-state index >= 15 is 0 Å². The zero-order chi connectivity index (χ0) is 13.1. The average molecular weight is 275 g/mol. The molecule has 0 aliphatic heterocycles. The number of rotatable bonds is 5. The second kappa shape index (κ2) is 5.67. The molecule has 1 aliphatic carbocycles. The Bertz CT molecular complexity index is 558. The molecule has 1 N–H and O–H groups in total. The summed E-state index contributed by atoms with van der Waals surface area (Å²) in [6.45, 7) is 0.562. The van der Waals surface area contributed by atoms with Gasteiger partial charge in [-0.05, 0) is 42.8 Å². The predicted octanol–water partition coefficient (Wildman–Crippen LogP) is 3.02. The van der Waals surface area contributed by atoms with E-state index in [9.17, 15) is 4.39 Å². The highest BCUT2D eigenvalue weighted by Gasteiger charge is 2.21. The molecule has 1 fully saturated rings. The Labute approximate surface area is 115 Å². The Morgan fingerprint density at radius 2 is 2.00 bits per heavy atom. The van der Waals surface area contributed by atoms with Gasteiger partial charge in [0.25, 0.3) is 0 Å². The van der Waals surface area contributed by atoms with Crippen molar-refractivity contribution in [2.75, 3.05) is 0 Å². The molecule has 0 amide bonds. The first-order chi connectivity index (χ1) is 9.33. The lowest BCUT2D eigenvalue weighted by Gasteiger charge is -2.10. The summed E-state index contributed by atoms with van der Waals surface area (Å²) >= 11 is 1.40. The summed E-state index contributed by atoms with van der Waals surface area (Å²) in [4.78, 5) is 9.20. The maximum absolute atomic E-state index is 13.9. The van der Waals surface area contributed by atoms with Crippen LogP contribution in [0.25, 0.3) is 0 Å². The first-order valence-electron chi connectivity index (χ1n) is 6.28. The van der Waals surface area contributed by atoms with Crippen LogP contribution in [0, 0.1) is 5.82 Å². The summed E-state index contributed by atoms with van der Waals surface area (Å²) in [5.74, 6) is -0.172. The van der Waals surface area contributed by atoms with E-state index in [0.717, 1.165) is 4.90 Å². The molecule has 2 aromatic rings. The molecule has 0 radical (unpaired) electrons. The molecule has 5 heteroatoms. The number of hydrogen-bond acceptors (Lipinski definition) is 4. The molecule has 98 valence electrons. The molecule has 1 aromatic heterocycles. The van der Waals surface area contributed by atoms with Crippen molar-refractivity contribution in [1.29, 1.82) is 0 Å². The Balaban J connectivity index is 1.80. The average Bonchev–Trinajstić information content (AvgIpc) is 3.23. The number of aromatic nitrogens is 2. The zero-order valence-corrected chi connectivity index (χ0v) is 11.2. The Morgan fingerprint density at radius 3 is 2.74 bits per heavy atom. The lowest BCUT2D eigenvalue weighted by atomic mass is 10.2. The smallest absolute Gasteiger partial charge is 0.192 e. The predicted molar refractivity (Wildman–Crippen MR) is 72.4 cm³/mol. The van der Waals surface area contributed by atoms with Gasteiger partial charge in [0.2, 0.25) is 0 Å². The second-order valence-electron chi connectivity index (χ2n) is 4.51. The standard InChI is InChI=1S/C14H14FN3S/c15-12-3-1-4-13(11(12)9-18-10-5-6-10)19-14-16-7-2-8-17-14/h1-4,7-8,10,18H,5-6,9H2. The summed E-state index contributed by atoms with van der Waals surface area (Å²) in [7, 11) is 0. The first kappa shape index (κ1) is 12.6. The van der Waals surface area contributed by atoms with Crippen molar-refractivity contribution in [2.45, 2.75) is 35.5 Å². The third-order valence-electron chi connectivity index (χ3n) is 2.96. The second-order valence-corrected chi connectivity index (χ2v) is 5.51. The minimum Gasteiger partial charge on any atom is -0.310 e. The number of benzene rings is 1. The highest BCUT2D eigenvalue weighted by molar-refractivity contribution is 7.99. The van der Waals surface area contributed by atoms with Crippen molar-refractivity contribution < 1.29 is 4.39 Å². The number of hydrogen-bond donors (Lipinski definition) is 1. The van der Waals surface area contributed by atoms with E-state index in [0.29, 0.717) is 23.3 Å². The molecule has 1 saturated carbocycles. The van der Waals surface area contributed by atoms with Crippen molar-refractivity contribution >= 4 is 11.8 Å². The van der Waals surface area contributed by atoms with E-state index in [1.807, 2.05) is 6.07 Å². The fourth-order valence-electron chi connectivity index (χ4n) is 1.78. The number of halogens is 1. The minimum absolute atomic E-state index is 0.172. The van der Waals surface area contributed by atoms with Crippen molar-refractivity contribution in [1.82, 2.24) is 15.3 Å². The molecule has 0 bridgehead atoms. The van der Waals surface area contributed by atoms with Crippen LogP contribution in [0.3, 0.4) is 0 Å². The normalized spacial score (nSPS) is 14.6. The van der Waals surface area contributed by atoms with Crippen LogP contribution in [0.15, 0.2) is 46.7 Å². The zero-order valence-electron chi connectivity index (χ0n) is 10.3. The fraction of sp³-hybridized carbons (Fsp3) is 0.286. The summed E-state index contributed by atoms with van der Waals surface area (Å²) in [6.07, 6.45) is 5.77. The Kier molecular flexibility index (Phi) is 3.75. The van der Waals surface area contributed by atoms with Gasteiger partial charge in [-0.2, -0.15) is 0 Å². The van der Waals surface area contributed by atoms with Gasteiger partial charge in [0, 0.05) is 35.4 Å².